The van der Waals surface area contributed by atoms with Crippen molar-refractivity contribution in [3.8, 4) is 6.07 Å². The Kier molecular flexibility index (Phi) is 3.61. The molecule has 0 radical (unpaired) electrons. The standard InChI is InChI=1S/C11H13N3O3S/c1-9-8-14(4-5-17-9)18(15,16)11-3-2-10(6-12)13-7-11/h2-3,7,9H,4-5,8H2,1H3. The number of nitrogens with zero attached hydrogens (tertiary/aromatic N) is 3. The minimum Gasteiger partial charge on any atom is -0.376 e. The van der Waals surface area contributed by atoms with Crippen molar-refractivity contribution >= 4 is 10.0 Å². The van der Waals surface area contributed by atoms with E-state index in [0.717, 1.165) is 0 Å². The van der Waals surface area contributed by atoms with E-state index in [4.69, 9.17) is 10.00 Å². The van der Waals surface area contributed by atoms with Gasteiger partial charge < -0.3 is 4.74 Å². The lowest BCUT2D eigenvalue weighted by molar-refractivity contribution is 0.0102. The largest absolute Gasteiger partial charge is 0.376 e. The van der Waals surface area contributed by atoms with Gasteiger partial charge in [0.1, 0.15) is 16.7 Å². The van der Waals surface area contributed by atoms with Gasteiger partial charge in [-0.2, -0.15) is 9.57 Å². The second-order valence-corrected chi connectivity index (χ2v) is 5.97. The summed E-state index contributed by atoms with van der Waals surface area (Å²) in [7, 11) is -3.54. The molecule has 1 aromatic rings. The van der Waals surface area contributed by atoms with Crippen LogP contribution >= 0.6 is 0 Å². The number of pyridine rings is 1. The van der Waals surface area contributed by atoms with E-state index >= 15 is 0 Å². The zero-order valence-corrected chi connectivity index (χ0v) is 10.7. The molecular formula is C11H13N3O3S. The van der Waals surface area contributed by atoms with Gasteiger partial charge in [-0.1, -0.05) is 0 Å². The Morgan fingerprint density at radius 3 is 2.89 bits per heavy atom. The summed E-state index contributed by atoms with van der Waals surface area (Å²) in [4.78, 5) is 3.89. The first-order valence-electron chi connectivity index (χ1n) is 5.52. The molecule has 1 fully saturated rings. The van der Waals surface area contributed by atoms with Gasteiger partial charge in [-0.15, -0.1) is 0 Å². The Morgan fingerprint density at radius 1 is 1.56 bits per heavy atom. The van der Waals surface area contributed by atoms with Gasteiger partial charge in [0.05, 0.1) is 12.7 Å². The second-order valence-electron chi connectivity index (χ2n) is 4.04. The topological polar surface area (TPSA) is 83.3 Å². The number of hydrogen-bond donors (Lipinski definition) is 0. The summed E-state index contributed by atoms with van der Waals surface area (Å²) in [6.45, 7) is 2.90. The summed E-state index contributed by atoms with van der Waals surface area (Å²) in [5.74, 6) is 0. The molecule has 1 saturated heterocycles. The quantitative estimate of drug-likeness (QED) is 0.772. The molecule has 0 bridgehead atoms. The highest BCUT2D eigenvalue weighted by Crippen LogP contribution is 2.18. The van der Waals surface area contributed by atoms with Crippen LogP contribution < -0.4 is 0 Å². The molecule has 0 N–H and O–H groups in total. The molecule has 1 unspecified atom stereocenters. The SMILES string of the molecule is CC1CN(S(=O)(=O)c2ccc(C#N)nc2)CCO1. The third-order valence-corrected chi connectivity index (χ3v) is 4.54. The Bertz CT molecular complexity index is 562. The average Bonchev–Trinajstić information content (AvgIpc) is 2.39. The number of ether oxygens (including phenoxy) is 1. The number of morpholine rings is 1. The highest BCUT2D eigenvalue weighted by atomic mass is 32.2. The maximum absolute atomic E-state index is 12.3. The molecule has 0 spiro atoms. The van der Waals surface area contributed by atoms with Crippen LogP contribution in [0, 0.1) is 11.3 Å². The van der Waals surface area contributed by atoms with E-state index < -0.39 is 10.0 Å². The second kappa shape index (κ2) is 5.02. The molecule has 18 heavy (non-hydrogen) atoms. The van der Waals surface area contributed by atoms with Crippen molar-refractivity contribution in [2.24, 2.45) is 0 Å². The van der Waals surface area contributed by atoms with Crippen molar-refractivity contribution in [3.63, 3.8) is 0 Å². The molecule has 2 heterocycles. The predicted molar refractivity (Wildman–Crippen MR) is 63.1 cm³/mol. The first-order valence-corrected chi connectivity index (χ1v) is 6.96. The fourth-order valence-electron chi connectivity index (χ4n) is 1.75. The summed E-state index contributed by atoms with van der Waals surface area (Å²) >= 11 is 0. The van der Waals surface area contributed by atoms with Crippen LogP contribution in [0.15, 0.2) is 23.2 Å². The normalized spacial score (nSPS) is 21.4. The number of rotatable bonds is 2. The first kappa shape index (κ1) is 13.0. The van der Waals surface area contributed by atoms with E-state index in [-0.39, 0.29) is 16.7 Å². The van der Waals surface area contributed by atoms with Gasteiger partial charge in [0.2, 0.25) is 10.0 Å². The highest BCUT2D eigenvalue weighted by Gasteiger charge is 2.29. The van der Waals surface area contributed by atoms with Crippen LogP contribution in [0.5, 0.6) is 0 Å². The smallest absolute Gasteiger partial charge is 0.244 e. The number of aromatic nitrogens is 1. The zero-order valence-electron chi connectivity index (χ0n) is 9.91. The molecular weight excluding hydrogens is 254 g/mol. The Labute approximate surface area is 106 Å². The lowest BCUT2D eigenvalue weighted by Crippen LogP contribution is -2.44. The Morgan fingerprint density at radius 2 is 2.33 bits per heavy atom. The molecule has 0 aromatic carbocycles. The molecule has 2 rings (SSSR count). The zero-order chi connectivity index (χ0) is 13.2. The monoisotopic (exact) mass is 267 g/mol. The van der Waals surface area contributed by atoms with E-state index in [0.29, 0.717) is 19.7 Å². The molecule has 1 aliphatic rings. The molecule has 7 heteroatoms. The van der Waals surface area contributed by atoms with Crippen molar-refractivity contribution in [3.05, 3.63) is 24.0 Å². The van der Waals surface area contributed by atoms with E-state index in [9.17, 15) is 8.42 Å². The minimum absolute atomic E-state index is 0.107. The Balaban J connectivity index is 2.27. The van der Waals surface area contributed by atoms with Crippen LogP contribution in [-0.2, 0) is 14.8 Å². The van der Waals surface area contributed by atoms with Crippen molar-refractivity contribution in [2.45, 2.75) is 17.9 Å². The lowest BCUT2D eigenvalue weighted by Gasteiger charge is -2.30. The van der Waals surface area contributed by atoms with Gasteiger partial charge in [-0.05, 0) is 19.1 Å². The van der Waals surface area contributed by atoms with Crippen LogP contribution in [0.25, 0.3) is 0 Å². The van der Waals surface area contributed by atoms with Crippen molar-refractivity contribution < 1.29 is 13.2 Å². The number of sulfonamides is 1. The van der Waals surface area contributed by atoms with Crippen LogP contribution in [0.1, 0.15) is 12.6 Å². The third kappa shape index (κ3) is 2.51. The summed E-state index contributed by atoms with van der Waals surface area (Å²) < 4.78 is 31.2. The predicted octanol–water partition coefficient (Wildman–Crippen LogP) is 0.363. The average molecular weight is 267 g/mol. The Hall–Kier alpha value is -1.49. The van der Waals surface area contributed by atoms with Gasteiger partial charge in [0.25, 0.3) is 0 Å². The molecule has 0 amide bonds. The van der Waals surface area contributed by atoms with E-state index in [1.807, 2.05) is 13.0 Å². The van der Waals surface area contributed by atoms with E-state index in [1.54, 1.807) is 0 Å². The number of hydrogen-bond acceptors (Lipinski definition) is 5. The number of nitriles is 1. The summed E-state index contributed by atoms with van der Waals surface area (Å²) in [5.41, 5.74) is 0.198. The third-order valence-electron chi connectivity index (χ3n) is 2.69. The van der Waals surface area contributed by atoms with Gasteiger partial charge in [0, 0.05) is 19.3 Å². The van der Waals surface area contributed by atoms with Gasteiger partial charge in [-0.25, -0.2) is 13.4 Å². The molecule has 1 aromatic heterocycles. The molecule has 1 atom stereocenters. The van der Waals surface area contributed by atoms with Crippen molar-refractivity contribution in [1.82, 2.24) is 9.29 Å². The summed E-state index contributed by atoms with van der Waals surface area (Å²) in [5, 5.41) is 8.63. The fourth-order valence-corrected chi connectivity index (χ4v) is 3.20. The lowest BCUT2D eigenvalue weighted by atomic mass is 10.3. The molecule has 0 aliphatic carbocycles. The van der Waals surface area contributed by atoms with E-state index in [2.05, 4.69) is 4.98 Å². The molecule has 96 valence electrons. The molecule has 6 nitrogen and oxygen atoms in total. The van der Waals surface area contributed by atoms with Gasteiger partial charge in [0.15, 0.2) is 0 Å². The maximum Gasteiger partial charge on any atom is 0.244 e. The van der Waals surface area contributed by atoms with Crippen molar-refractivity contribution in [1.29, 1.82) is 5.26 Å². The molecule has 0 saturated carbocycles. The first-order chi connectivity index (χ1) is 8.54. The minimum atomic E-state index is -3.54. The summed E-state index contributed by atoms with van der Waals surface area (Å²) in [6.07, 6.45) is 1.11. The van der Waals surface area contributed by atoms with Crippen LogP contribution in [0.4, 0.5) is 0 Å². The highest BCUT2D eigenvalue weighted by molar-refractivity contribution is 7.89. The van der Waals surface area contributed by atoms with Crippen LogP contribution in [-0.4, -0.2) is 43.5 Å². The molecule has 1 aliphatic heterocycles. The van der Waals surface area contributed by atoms with Crippen molar-refractivity contribution in [2.75, 3.05) is 19.7 Å². The van der Waals surface area contributed by atoms with Gasteiger partial charge in [-0.3, -0.25) is 0 Å². The fraction of sp³-hybridized carbons (Fsp3) is 0.455. The van der Waals surface area contributed by atoms with E-state index in [1.165, 1.54) is 22.6 Å². The van der Waals surface area contributed by atoms with Crippen LogP contribution in [0.3, 0.4) is 0 Å². The maximum atomic E-state index is 12.3. The van der Waals surface area contributed by atoms with Crippen LogP contribution in [0.2, 0.25) is 0 Å². The summed E-state index contributed by atoms with van der Waals surface area (Å²) in [6, 6.07) is 4.66. The van der Waals surface area contributed by atoms with Gasteiger partial charge >= 0.3 is 0 Å².